The largest absolute Gasteiger partial charge is 0.416 e. The van der Waals surface area contributed by atoms with E-state index in [2.05, 4.69) is 15.3 Å². The summed E-state index contributed by atoms with van der Waals surface area (Å²) < 4.78 is 39.2. The average molecular weight is 427 g/mol. The topological polar surface area (TPSA) is 54.9 Å². The highest BCUT2D eigenvalue weighted by Gasteiger charge is 2.30. The maximum Gasteiger partial charge on any atom is 0.416 e. The second-order valence-electron chi connectivity index (χ2n) is 6.77. The number of thiazole rings is 1. The number of anilines is 1. The summed E-state index contributed by atoms with van der Waals surface area (Å²) >= 11 is 1.38. The lowest BCUT2D eigenvalue weighted by atomic mass is 10.0. The van der Waals surface area contributed by atoms with Crippen molar-refractivity contribution >= 4 is 33.3 Å². The van der Waals surface area contributed by atoms with E-state index in [0.717, 1.165) is 22.7 Å². The number of amides is 1. The zero-order chi connectivity index (χ0) is 21.5. The second kappa shape index (κ2) is 7.53. The van der Waals surface area contributed by atoms with Crippen molar-refractivity contribution in [1.29, 1.82) is 0 Å². The number of nitrogens with one attached hydrogen (secondary N) is 1. The molecule has 4 rings (SSSR count). The number of pyridine rings is 1. The Kier molecular flexibility index (Phi) is 5.03. The molecular weight excluding hydrogens is 411 g/mol. The van der Waals surface area contributed by atoms with Gasteiger partial charge in [0.2, 0.25) is 0 Å². The first-order chi connectivity index (χ1) is 14.2. The van der Waals surface area contributed by atoms with Crippen molar-refractivity contribution in [3.63, 3.8) is 0 Å². The van der Waals surface area contributed by atoms with E-state index >= 15 is 0 Å². The highest BCUT2D eigenvalue weighted by Crippen LogP contribution is 2.32. The summed E-state index contributed by atoms with van der Waals surface area (Å²) in [5.74, 6) is -0.372. The molecule has 30 heavy (non-hydrogen) atoms. The van der Waals surface area contributed by atoms with E-state index < -0.39 is 11.7 Å². The van der Waals surface area contributed by atoms with Crippen LogP contribution in [-0.2, 0) is 6.18 Å². The Bertz CT molecular complexity index is 1240. The van der Waals surface area contributed by atoms with Crippen molar-refractivity contribution in [3.8, 4) is 11.3 Å². The maximum atomic E-state index is 13.1. The van der Waals surface area contributed by atoms with Gasteiger partial charge in [0.1, 0.15) is 0 Å². The zero-order valence-electron chi connectivity index (χ0n) is 16.0. The van der Waals surface area contributed by atoms with E-state index in [1.807, 2.05) is 13.8 Å². The molecule has 4 aromatic rings. The van der Waals surface area contributed by atoms with Crippen LogP contribution in [0.3, 0.4) is 0 Å². The van der Waals surface area contributed by atoms with Crippen molar-refractivity contribution in [2.24, 2.45) is 0 Å². The standard InChI is InChI=1S/C22H16F3N3OS/c1-12-13(2)30-21(26-12)28-20(29)17-8-4-5-14-9-10-18(27-19(14)17)15-6-3-7-16(11-15)22(23,24)25/h3-11H,1-2H3,(H,26,28,29). The number of alkyl halides is 3. The van der Waals surface area contributed by atoms with Gasteiger partial charge in [-0.3, -0.25) is 10.1 Å². The number of carbonyl (C=O) groups is 1. The van der Waals surface area contributed by atoms with Crippen LogP contribution >= 0.6 is 11.3 Å². The molecule has 2 aromatic carbocycles. The fourth-order valence-corrected chi connectivity index (χ4v) is 3.85. The summed E-state index contributed by atoms with van der Waals surface area (Å²) in [6, 6.07) is 13.5. The molecule has 0 aliphatic heterocycles. The Labute approximate surface area is 174 Å². The molecule has 1 N–H and O–H groups in total. The number of para-hydroxylation sites is 1. The molecule has 0 saturated carbocycles. The maximum absolute atomic E-state index is 13.1. The molecule has 0 aliphatic carbocycles. The quantitative estimate of drug-likeness (QED) is 0.421. The number of hydrogen-bond donors (Lipinski definition) is 1. The number of aryl methyl sites for hydroxylation is 2. The predicted octanol–water partition coefficient (Wildman–Crippen LogP) is 6.25. The summed E-state index contributed by atoms with van der Waals surface area (Å²) in [4.78, 5) is 22.7. The van der Waals surface area contributed by atoms with Crippen molar-refractivity contribution in [1.82, 2.24) is 9.97 Å². The van der Waals surface area contributed by atoms with Gasteiger partial charge in [0.15, 0.2) is 5.13 Å². The number of nitrogens with zero attached hydrogens (tertiary/aromatic N) is 2. The summed E-state index contributed by atoms with van der Waals surface area (Å²) in [6.45, 7) is 3.78. The Hall–Kier alpha value is -3.26. The Morgan fingerprint density at radius 3 is 2.47 bits per heavy atom. The van der Waals surface area contributed by atoms with Crippen LogP contribution in [0.4, 0.5) is 18.3 Å². The molecular formula is C22H16F3N3OS. The molecule has 152 valence electrons. The summed E-state index contributed by atoms with van der Waals surface area (Å²) in [5.41, 5.74) is 1.52. The molecule has 8 heteroatoms. The van der Waals surface area contributed by atoms with Crippen LogP contribution in [0.25, 0.3) is 22.2 Å². The molecule has 0 radical (unpaired) electrons. The molecule has 2 heterocycles. The Balaban J connectivity index is 1.75. The average Bonchev–Trinajstić information content (AvgIpc) is 3.03. The summed E-state index contributed by atoms with van der Waals surface area (Å²) in [5, 5.41) is 3.98. The summed E-state index contributed by atoms with van der Waals surface area (Å²) in [7, 11) is 0. The number of rotatable bonds is 3. The third kappa shape index (κ3) is 3.91. The van der Waals surface area contributed by atoms with Crippen LogP contribution in [0.1, 0.15) is 26.5 Å². The van der Waals surface area contributed by atoms with Gasteiger partial charge in [-0.25, -0.2) is 9.97 Å². The van der Waals surface area contributed by atoms with Crippen molar-refractivity contribution < 1.29 is 18.0 Å². The van der Waals surface area contributed by atoms with E-state index in [9.17, 15) is 18.0 Å². The number of halogens is 3. The van der Waals surface area contributed by atoms with Gasteiger partial charge < -0.3 is 0 Å². The Morgan fingerprint density at radius 1 is 1.00 bits per heavy atom. The van der Waals surface area contributed by atoms with E-state index in [4.69, 9.17) is 0 Å². The van der Waals surface area contributed by atoms with Gasteiger partial charge in [-0.05, 0) is 38.1 Å². The van der Waals surface area contributed by atoms with E-state index in [1.54, 1.807) is 36.4 Å². The number of benzene rings is 2. The van der Waals surface area contributed by atoms with Gasteiger partial charge in [-0.2, -0.15) is 13.2 Å². The monoisotopic (exact) mass is 427 g/mol. The first-order valence-corrected chi connectivity index (χ1v) is 9.87. The highest BCUT2D eigenvalue weighted by molar-refractivity contribution is 7.15. The van der Waals surface area contributed by atoms with Gasteiger partial charge in [-0.1, -0.05) is 30.3 Å². The van der Waals surface area contributed by atoms with E-state index in [1.165, 1.54) is 17.4 Å². The van der Waals surface area contributed by atoms with Gasteiger partial charge in [0, 0.05) is 15.8 Å². The van der Waals surface area contributed by atoms with Crippen LogP contribution in [0, 0.1) is 13.8 Å². The first kappa shape index (κ1) is 20.0. The third-order valence-electron chi connectivity index (χ3n) is 4.70. The molecule has 0 aliphatic rings. The minimum atomic E-state index is -4.44. The predicted molar refractivity (Wildman–Crippen MR) is 112 cm³/mol. The SMILES string of the molecule is Cc1nc(NC(=O)c2cccc3ccc(-c4cccc(C(F)(F)F)c4)nc23)sc1C. The van der Waals surface area contributed by atoms with Crippen LogP contribution in [0.15, 0.2) is 54.6 Å². The van der Waals surface area contributed by atoms with E-state index in [-0.39, 0.29) is 5.91 Å². The van der Waals surface area contributed by atoms with Crippen molar-refractivity contribution in [3.05, 3.63) is 76.3 Å². The smallest absolute Gasteiger partial charge is 0.298 e. The highest BCUT2D eigenvalue weighted by atomic mass is 32.1. The van der Waals surface area contributed by atoms with Crippen LogP contribution in [0.2, 0.25) is 0 Å². The summed E-state index contributed by atoms with van der Waals surface area (Å²) in [6.07, 6.45) is -4.44. The van der Waals surface area contributed by atoms with E-state index in [0.29, 0.717) is 32.9 Å². The molecule has 0 bridgehead atoms. The van der Waals surface area contributed by atoms with Crippen molar-refractivity contribution in [2.75, 3.05) is 5.32 Å². The van der Waals surface area contributed by atoms with Gasteiger partial charge >= 0.3 is 6.18 Å². The van der Waals surface area contributed by atoms with Crippen LogP contribution in [-0.4, -0.2) is 15.9 Å². The fraction of sp³-hybridized carbons (Fsp3) is 0.136. The number of fused-ring (bicyclic) bond motifs is 1. The molecule has 0 fully saturated rings. The van der Waals surface area contributed by atoms with Crippen LogP contribution < -0.4 is 5.32 Å². The molecule has 0 spiro atoms. The number of hydrogen-bond acceptors (Lipinski definition) is 4. The molecule has 2 aromatic heterocycles. The minimum Gasteiger partial charge on any atom is -0.298 e. The Morgan fingerprint density at radius 2 is 1.77 bits per heavy atom. The van der Waals surface area contributed by atoms with Crippen molar-refractivity contribution in [2.45, 2.75) is 20.0 Å². The third-order valence-corrected chi connectivity index (χ3v) is 5.69. The molecule has 0 atom stereocenters. The molecule has 1 amide bonds. The lowest BCUT2D eigenvalue weighted by molar-refractivity contribution is -0.137. The van der Waals surface area contributed by atoms with Gasteiger partial charge in [-0.15, -0.1) is 11.3 Å². The molecule has 4 nitrogen and oxygen atoms in total. The van der Waals surface area contributed by atoms with Gasteiger partial charge in [0.25, 0.3) is 5.91 Å². The second-order valence-corrected chi connectivity index (χ2v) is 7.97. The minimum absolute atomic E-state index is 0.326. The lowest BCUT2D eigenvalue weighted by Gasteiger charge is -2.10. The zero-order valence-corrected chi connectivity index (χ0v) is 16.9. The lowest BCUT2D eigenvalue weighted by Crippen LogP contribution is -2.12. The van der Waals surface area contributed by atoms with Crippen LogP contribution in [0.5, 0.6) is 0 Å². The van der Waals surface area contributed by atoms with Gasteiger partial charge in [0.05, 0.1) is 28.0 Å². The number of aromatic nitrogens is 2. The number of carbonyl (C=O) groups excluding carboxylic acids is 1. The first-order valence-electron chi connectivity index (χ1n) is 9.05. The normalized spacial score (nSPS) is 11.6. The molecule has 0 unspecified atom stereocenters. The molecule has 0 saturated heterocycles. The fourth-order valence-electron chi connectivity index (χ4n) is 3.04.